The van der Waals surface area contributed by atoms with Gasteiger partial charge in [-0.3, -0.25) is 0 Å². The summed E-state index contributed by atoms with van der Waals surface area (Å²) >= 11 is 0. The molecule has 0 unspecified atom stereocenters. The first-order valence-electron chi connectivity index (χ1n) is 8.62. The predicted octanol–water partition coefficient (Wildman–Crippen LogP) is 4.04. The average molecular weight is 348 g/mol. The Morgan fingerprint density at radius 1 is 1.00 bits per heavy atom. The van der Waals surface area contributed by atoms with Crippen molar-refractivity contribution in [2.45, 2.75) is 20.0 Å². The van der Waals surface area contributed by atoms with Crippen molar-refractivity contribution < 1.29 is 4.74 Å². The monoisotopic (exact) mass is 348 g/mol. The van der Waals surface area contributed by atoms with E-state index < -0.39 is 0 Å². The largest absolute Gasteiger partial charge is 0.496 e. The van der Waals surface area contributed by atoms with Crippen molar-refractivity contribution in [1.82, 2.24) is 9.97 Å². The molecule has 26 heavy (non-hydrogen) atoms. The molecule has 0 aliphatic rings. The number of hydrogen-bond donors (Lipinski definition) is 1. The molecule has 3 rings (SSSR count). The Bertz CT molecular complexity index is 852. The zero-order chi connectivity index (χ0) is 18.4. The van der Waals surface area contributed by atoms with E-state index in [1.807, 2.05) is 50.4 Å². The molecule has 0 saturated carbocycles. The van der Waals surface area contributed by atoms with E-state index in [-0.39, 0.29) is 0 Å². The van der Waals surface area contributed by atoms with Gasteiger partial charge in [0.2, 0.25) is 5.95 Å². The zero-order valence-corrected chi connectivity index (χ0v) is 15.4. The molecule has 1 aromatic heterocycles. The van der Waals surface area contributed by atoms with Gasteiger partial charge in [-0.1, -0.05) is 48.5 Å². The molecular weight excluding hydrogens is 324 g/mol. The SMILES string of the molecule is COc1ccccc1CNc1nc(C)cc(N(C)Cc2ccccc2)n1. The van der Waals surface area contributed by atoms with Crippen molar-refractivity contribution in [2.24, 2.45) is 0 Å². The number of methoxy groups -OCH3 is 1. The van der Waals surface area contributed by atoms with Crippen molar-refractivity contribution >= 4 is 11.8 Å². The Balaban J connectivity index is 1.73. The minimum Gasteiger partial charge on any atom is -0.496 e. The van der Waals surface area contributed by atoms with Gasteiger partial charge in [0.15, 0.2) is 0 Å². The Kier molecular flexibility index (Phi) is 5.69. The number of nitrogens with one attached hydrogen (secondary N) is 1. The lowest BCUT2D eigenvalue weighted by Gasteiger charge is -2.19. The number of benzene rings is 2. The van der Waals surface area contributed by atoms with E-state index in [0.717, 1.165) is 29.4 Å². The topological polar surface area (TPSA) is 50.3 Å². The highest BCUT2D eigenvalue weighted by Gasteiger charge is 2.08. The highest BCUT2D eigenvalue weighted by atomic mass is 16.5. The zero-order valence-electron chi connectivity index (χ0n) is 15.4. The highest BCUT2D eigenvalue weighted by Crippen LogP contribution is 2.20. The summed E-state index contributed by atoms with van der Waals surface area (Å²) in [5, 5.41) is 3.31. The van der Waals surface area contributed by atoms with Crippen molar-refractivity contribution in [3.63, 3.8) is 0 Å². The summed E-state index contributed by atoms with van der Waals surface area (Å²) in [6.45, 7) is 3.38. The van der Waals surface area contributed by atoms with E-state index in [9.17, 15) is 0 Å². The number of aromatic nitrogens is 2. The second-order valence-corrected chi connectivity index (χ2v) is 6.20. The Morgan fingerprint density at radius 3 is 2.50 bits per heavy atom. The summed E-state index contributed by atoms with van der Waals surface area (Å²) in [5.41, 5.74) is 3.24. The van der Waals surface area contributed by atoms with Gasteiger partial charge in [-0.15, -0.1) is 0 Å². The third kappa shape index (κ3) is 4.51. The molecule has 0 radical (unpaired) electrons. The maximum atomic E-state index is 5.40. The molecule has 1 N–H and O–H groups in total. The number of hydrogen-bond acceptors (Lipinski definition) is 5. The predicted molar refractivity (Wildman–Crippen MR) is 106 cm³/mol. The molecule has 3 aromatic rings. The normalized spacial score (nSPS) is 10.4. The molecule has 5 heteroatoms. The van der Waals surface area contributed by atoms with Gasteiger partial charge in [-0.2, -0.15) is 4.98 Å². The van der Waals surface area contributed by atoms with Gasteiger partial charge in [-0.25, -0.2) is 4.98 Å². The summed E-state index contributed by atoms with van der Waals surface area (Å²) in [6.07, 6.45) is 0. The number of para-hydroxylation sites is 1. The van der Waals surface area contributed by atoms with Crippen molar-refractivity contribution in [2.75, 3.05) is 24.4 Å². The molecule has 1 heterocycles. The van der Waals surface area contributed by atoms with Gasteiger partial charge >= 0.3 is 0 Å². The number of aryl methyl sites for hydroxylation is 1. The van der Waals surface area contributed by atoms with Crippen LogP contribution in [0.15, 0.2) is 60.7 Å². The van der Waals surface area contributed by atoms with E-state index >= 15 is 0 Å². The minimum atomic E-state index is 0.606. The van der Waals surface area contributed by atoms with Gasteiger partial charge in [0.25, 0.3) is 0 Å². The van der Waals surface area contributed by atoms with Crippen LogP contribution >= 0.6 is 0 Å². The Hall–Kier alpha value is -3.08. The van der Waals surface area contributed by atoms with E-state index in [1.165, 1.54) is 5.56 Å². The molecule has 0 amide bonds. The molecule has 134 valence electrons. The highest BCUT2D eigenvalue weighted by molar-refractivity contribution is 5.45. The van der Waals surface area contributed by atoms with Crippen LogP contribution in [0, 0.1) is 6.92 Å². The number of ether oxygens (including phenoxy) is 1. The van der Waals surface area contributed by atoms with E-state index in [4.69, 9.17) is 4.74 Å². The van der Waals surface area contributed by atoms with Crippen LogP contribution in [0.25, 0.3) is 0 Å². The van der Waals surface area contributed by atoms with E-state index in [1.54, 1.807) is 7.11 Å². The lowest BCUT2D eigenvalue weighted by Crippen LogP contribution is -2.19. The second kappa shape index (κ2) is 8.34. The molecule has 0 aliphatic heterocycles. The first-order valence-corrected chi connectivity index (χ1v) is 8.62. The smallest absolute Gasteiger partial charge is 0.225 e. The fourth-order valence-corrected chi connectivity index (χ4v) is 2.79. The summed E-state index contributed by atoms with van der Waals surface area (Å²) < 4.78 is 5.40. The first-order chi connectivity index (χ1) is 12.7. The number of rotatable bonds is 7. The summed E-state index contributed by atoms with van der Waals surface area (Å²) in [6, 6.07) is 20.3. The fourth-order valence-electron chi connectivity index (χ4n) is 2.79. The molecular formula is C21H24N4O. The molecule has 0 atom stereocenters. The Labute approximate surface area is 154 Å². The number of anilines is 2. The molecule has 2 aromatic carbocycles. The average Bonchev–Trinajstić information content (AvgIpc) is 2.67. The molecule has 0 spiro atoms. The van der Waals surface area contributed by atoms with Gasteiger partial charge < -0.3 is 15.0 Å². The fraction of sp³-hybridized carbons (Fsp3) is 0.238. The molecule has 0 bridgehead atoms. The van der Waals surface area contributed by atoms with Gasteiger partial charge in [0.1, 0.15) is 11.6 Å². The van der Waals surface area contributed by atoms with E-state index in [2.05, 4.69) is 44.5 Å². The van der Waals surface area contributed by atoms with Crippen LogP contribution in [0.4, 0.5) is 11.8 Å². The van der Waals surface area contributed by atoms with Crippen LogP contribution in [0.5, 0.6) is 5.75 Å². The molecule has 0 saturated heterocycles. The van der Waals surface area contributed by atoms with Crippen LogP contribution in [0.3, 0.4) is 0 Å². The van der Waals surface area contributed by atoms with Crippen LogP contribution in [0.1, 0.15) is 16.8 Å². The second-order valence-electron chi connectivity index (χ2n) is 6.20. The summed E-state index contributed by atoms with van der Waals surface area (Å²) in [7, 11) is 3.72. The molecule has 5 nitrogen and oxygen atoms in total. The van der Waals surface area contributed by atoms with Crippen molar-refractivity contribution in [1.29, 1.82) is 0 Å². The first kappa shape index (κ1) is 17.7. The standard InChI is InChI=1S/C21H24N4O/c1-16-13-20(25(2)15-17-9-5-4-6-10-17)24-21(23-16)22-14-18-11-7-8-12-19(18)26-3/h4-13H,14-15H2,1-3H3,(H,22,23,24). The third-order valence-electron chi connectivity index (χ3n) is 4.12. The van der Waals surface area contributed by atoms with E-state index in [0.29, 0.717) is 12.5 Å². The quantitative estimate of drug-likeness (QED) is 0.698. The maximum absolute atomic E-state index is 5.40. The third-order valence-corrected chi connectivity index (χ3v) is 4.12. The Morgan fingerprint density at radius 2 is 1.73 bits per heavy atom. The van der Waals surface area contributed by atoms with Crippen LogP contribution < -0.4 is 15.0 Å². The lowest BCUT2D eigenvalue weighted by atomic mass is 10.2. The van der Waals surface area contributed by atoms with Crippen LogP contribution in [0.2, 0.25) is 0 Å². The summed E-state index contributed by atoms with van der Waals surface area (Å²) in [5.74, 6) is 2.36. The van der Waals surface area contributed by atoms with Crippen molar-refractivity contribution in [3.05, 3.63) is 77.5 Å². The molecule has 0 fully saturated rings. The minimum absolute atomic E-state index is 0.606. The number of nitrogens with zero attached hydrogens (tertiary/aromatic N) is 3. The summed E-state index contributed by atoms with van der Waals surface area (Å²) in [4.78, 5) is 11.3. The van der Waals surface area contributed by atoms with Crippen molar-refractivity contribution in [3.8, 4) is 5.75 Å². The molecule has 0 aliphatic carbocycles. The maximum Gasteiger partial charge on any atom is 0.225 e. The lowest BCUT2D eigenvalue weighted by molar-refractivity contribution is 0.410. The van der Waals surface area contributed by atoms with Crippen LogP contribution in [-0.2, 0) is 13.1 Å². The van der Waals surface area contributed by atoms with Gasteiger partial charge in [-0.05, 0) is 18.6 Å². The van der Waals surface area contributed by atoms with Crippen LogP contribution in [-0.4, -0.2) is 24.1 Å². The van der Waals surface area contributed by atoms with Gasteiger partial charge in [0.05, 0.1) is 7.11 Å². The van der Waals surface area contributed by atoms with Gasteiger partial charge in [0, 0.05) is 37.5 Å².